The van der Waals surface area contributed by atoms with E-state index in [2.05, 4.69) is 5.32 Å². The van der Waals surface area contributed by atoms with Crippen LogP contribution in [-0.2, 0) is 4.79 Å². The first-order chi connectivity index (χ1) is 11.2. The van der Waals surface area contributed by atoms with Crippen molar-refractivity contribution >= 4 is 18.3 Å². The number of nitrogens with one attached hydrogen (secondary N) is 1. The van der Waals surface area contributed by atoms with Crippen molar-refractivity contribution in [2.75, 3.05) is 6.61 Å². The quantitative estimate of drug-likeness (QED) is 0.892. The SMILES string of the molecule is CC(C(=O)NC1CCOc2ccccc21)C(N)c1ccccc1.Cl. The lowest BCUT2D eigenvalue weighted by Gasteiger charge is -2.29. The summed E-state index contributed by atoms with van der Waals surface area (Å²) in [5.74, 6) is 0.527. The Bertz CT molecular complexity index is 678. The molecule has 0 spiro atoms. The summed E-state index contributed by atoms with van der Waals surface area (Å²) < 4.78 is 5.64. The van der Waals surface area contributed by atoms with Crippen molar-refractivity contribution < 1.29 is 9.53 Å². The van der Waals surface area contributed by atoms with Gasteiger partial charge in [0.15, 0.2) is 0 Å². The molecule has 2 aromatic rings. The van der Waals surface area contributed by atoms with Crippen LogP contribution in [0.25, 0.3) is 0 Å². The van der Waals surface area contributed by atoms with Crippen molar-refractivity contribution in [1.29, 1.82) is 0 Å². The van der Waals surface area contributed by atoms with E-state index >= 15 is 0 Å². The number of halogens is 1. The number of ether oxygens (including phenoxy) is 1. The van der Waals surface area contributed by atoms with Crippen LogP contribution in [0.1, 0.15) is 36.6 Å². The van der Waals surface area contributed by atoms with Gasteiger partial charge in [0, 0.05) is 18.0 Å². The van der Waals surface area contributed by atoms with Crippen LogP contribution >= 0.6 is 12.4 Å². The van der Waals surface area contributed by atoms with E-state index in [4.69, 9.17) is 10.5 Å². The van der Waals surface area contributed by atoms with Crippen molar-refractivity contribution in [3.63, 3.8) is 0 Å². The van der Waals surface area contributed by atoms with Crippen LogP contribution in [0, 0.1) is 5.92 Å². The van der Waals surface area contributed by atoms with Gasteiger partial charge in [0.05, 0.1) is 18.6 Å². The number of carbonyl (C=O) groups excluding carboxylic acids is 1. The molecule has 0 saturated heterocycles. The molecular formula is C19H23ClN2O2. The number of hydrogen-bond donors (Lipinski definition) is 2. The molecule has 1 aliphatic heterocycles. The number of rotatable bonds is 4. The maximum atomic E-state index is 12.6. The molecule has 1 aliphatic rings. The third-order valence-electron chi connectivity index (χ3n) is 4.41. The molecule has 3 unspecified atom stereocenters. The lowest BCUT2D eigenvalue weighted by atomic mass is 9.93. The summed E-state index contributed by atoms with van der Waals surface area (Å²) in [7, 11) is 0. The Balaban J connectivity index is 0.00000208. The molecular weight excluding hydrogens is 324 g/mol. The average Bonchev–Trinajstić information content (AvgIpc) is 2.61. The maximum Gasteiger partial charge on any atom is 0.225 e. The molecule has 3 rings (SSSR count). The highest BCUT2D eigenvalue weighted by atomic mass is 35.5. The fraction of sp³-hybridized carbons (Fsp3) is 0.316. The Kier molecular flexibility index (Phi) is 6.23. The number of fused-ring (bicyclic) bond motifs is 1. The fourth-order valence-electron chi connectivity index (χ4n) is 2.92. The lowest BCUT2D eigenvalue weighted by Crippen LogP contribution is -2.39. The van der Waals surface area contributed by atoms with Gasteiger partial charge >= 0.3 is 0 Å². The zero-order valence-electron chi connectivity index (χ0n) is 13.6. The van der Waals surface area contributed by atoms with Gasteiger partial charge in [0.25, 0.3) is 0 Å². The van der Waals surface area contributed by atoms with E-state index in [-0.39, 0.29) is 36.3 Å². The summed E-state index contributed by atoms with van der Waals surface area (Å²) >= 11 is 0. The number of para-hydroxylation sites is 1. The fourth-order valence-corrected chi connectivity index (χ4v) is 2.92. The molecule has 3 atom stereocenters. The first-order valence-electron chi connectivity index (χ1n) is 7.99. The Morgan fingerprint density at radius 2 is 1.83 bits per heavy atom. The summed E-state index contributed by atoms with van der Waals surface area (Å²) in [6.07, 6.45) is 0.774. The summed E-state index contributed by atoms with van der Waals surface area (Å²) in [6, 6.07) is 17.3. The van der Waals surface area contributed by atoms with Crippen molar-refractivity contribution in [3.05, 3.63) is 65.7 Å². The molecule has 1 amide bonds. The summed E-state index contributed by atoms with van der Waals surface area (Å²) in [5.41, 5.74) is 8.26. The number of nitrogens with two attached hydrogens (primary N) is 1. The number of carbonyl (C=O) groups is 1. The van der Waals surface area contributed by atoms with Gasteiger partial charge in [-0.25, -0.2) is 0 Å². The minimum atomic E-state index is -0.314. The third kappa shape index (κ3) is 3.89. The number of amides is 1. The van der Waals surface area contributed by atoms with Gasteiger partial charge in [-0.2, -0.15) is 0 Å². The van der Waals surface area contributed by atoms with E-state index in [9.17, 15) is 4.79 Å². The minimum absolute atomic E-state index is 0. The lowest BCUT2D eigenvalue weighted by molar-refractivity contribution is -0.126. The Labute approximate surface area is 148 Å². The number of hydrogen-bond acceptors (Lipinski definition) is 3. The first kappa shape index (κ1) is 18.3. The molecule has 0 saturated carbocycles. The molecule has 5 heteroatoms. The van der Waals surface area contributed by atoms with E-state index in [0.29, 0.717) is 6.61 Å². The number of benzene rings is 2. The molecule has 0 fully saturated rings. The van der Waals surface area contributed by atoms with Gasteiger partial charge in [-0.05, 0) is 11.6 Å². The second-order valence-corrected chi connectivity index (χ2v) is 5.96. The predicted molar refractivity (Wildman–Crippen MR) is 97.2 cm³/mol. The summed E-state index contributed by atoms with van der Waals surface area (Å²) in [6.45, 7) is 2.49. The first-order valence-corrected chi connectivity index (χ1v) is 7.99. The van der Waals surface area contributed by atoms with Crippen molar-refractivity contribution in [3.8, 4) is 5.75 Å². The standard InChI is InChI=1S/C19H22N2O2.ClH/c1-13(18(20)14-7-3-2-4-8-14)19(22)21-16-11-12-23-17-10-6-5-9-15(16)17;/h2-10,13,16,18H,11-12,20H2,1H3,(H,21,22);1H. The highest BCUT2D eigenvalue weighted by molar-refractivity contribution is 5.85. The second-order valence-electron chi connectivity index (χ2n) is 5.96. The zero-order chi connectivity index (χ0) is 16.2. The van der Waals surface area contributed by atoms with Crippen molar-refractivity contribution in [2.45, 2.75) is 25.4 Å². The van der Waals surface area contributed by atoms with Gasteiger partial charge in [0.2, 0.25) is 5.91 Å². The Hall–Kier alpha value is -2.04. The molecule has 0 bridgehead atoms. The van der Waals surface area contributed by atoms with Crippen LogP contribution in [0.3, 0.4) is 0 Å². The summed E-state index contributed by atoms with van der Waals surface area (Å²) in [4.78, 5) is 12.6. The Morgan fingerprint density at radius 1 is 1.17 bits per heavy atom. The van der Waals surface area contributed by atoms with Gasteiger partial charge in [0.1, 0.15) is 5.75 Å². The van der Waals surface area contributed by atoms with Crippen LogP contribution in [0.4, 0.5) is 0 Å². The van der Waals surface area contributed by atoms with Crippen LogP contribution in [0.5, 0.6) is 5.75 Å². The van der Waals surface area contributed by atoms with Crippen molar-refractivity contribution in [1.82, 2.24) is 5.32 Å². The molecule has 2 aromatic carbocycles. The molecule has 0 aromatic heterocycles. The third-order valence-corrected chi connectivity index (χ3v) is 4.41. The topological polar surface area (TPSA) is 64.3 Å². The highest BCUT2D eigenvalue weighted by Gasteiger charge is 2.27. The monoisotopic (exact) mass is 346 g/mol. The van der Waals surface area contributed by atoms with Gasteiger partial charge < -0.3 is 15.8 Å². The van der Waals surface area contributed by atoms with E-state index < -0.39 is 0 Å². The van der Waals surface area contributed by atoms with Gasteiger partial charge in [-0.15, -0.1) is 12.4 Å². The minimum Gasteiger partial charge on any atom is -0.493 e. The van der Waals surface area contributed by atoms with E-state index in [1.807, 2.05) is 61.5 Å². The summed E-state index contributed by atoms with van der Waals surface area (Å²) in [5, 5.41) is 3.13. The molecule has 1 heterocycles. The molecule has 24 heavy (non-hydrogen) atoms. The second kappa shape index (κ2) is 8.18. The van der Waals surface area contributed by atoms with Gasteiger partial charge in [-0.1, -0.05) is 55.5 Å². The van der Waals surface area contributed by atoms with Crippen LogP contribution in [-0.4, -0.2) is 12.5 Å². The molecule has 0 radical (unpaired) electrons. The van der Waals surface area contributed by atoms with E-state index in [0.717, 1.165) is 23.3 Å². The largest absolute Gasteiger partial charge is 0.493 e. The van der Waals surface area contributed by atoms with Crippen LogP contribution in [0.2, 0.25) is 0 Å². The smallest absolute Gasteiger partial charge is 0.225 e. The predicted octanol–water partition coefficient (Wildman–Crippen LogP) is 3.38. The normalized spacial score (nSPS) is 18.3. The van der Waals surface area contributed by atoms with Gasteiger partial charge in [-0.3, -0.25) is 4.79 Å². The van der Waals surface area contributed by atoms with E-state index in [1.54, 1.807) is 0 Å². The maximum absolute atomic E-state index is 12.6. The Morgan fingerprint density at radius 3 is 2.58 bits per heavy atom. The zero-order valence-corrected chi connectivity index (χ0v) is 14.5. The average molecular weight is 347 g/mol. The molecule has 3 N–H and O–H groups in total. The molecule has 4 nitrogen and oxygen atoms in total. The highest BCUT2D eigenvalue weighted by Crippen LogP contribution is 2.32. The molecule has 0 aliphatic carbocycles. The van der Waals surface area contributed by atoms with Crippen LogP contribution in [0.15, 0.2) is 54.6 Å². The van der Waals surface area contributed by atoms with Crippen molar-refractivity contribution in [2.24, 2.45) is 11.7 Å². The van der Waals surface area contributed by atoms with Crippen LogP contribution < -0.4 is 15.8 Å². The molecule has 128 valence electrons. The van der Waals surface area contributed by atoms with E-state index in [1.165, 1.54) is 0 Å².